The van der Waals surface area contributed by atoms with E-state index in [0.717, 1.165) is 19.7 Å². The van der Waals surface area contributed by atoms with Crippen molar-refractivity contribution >= 4 is 5.78 Å². The van der Waals surface area contributed by atoms with Gasteiger partial charge in [0.05, 0.1) is 0 Å². The van der Waals surface area contributed by atoms with Crippen molar-refractivity contribution in [3.63, 3.8) is 0 Å². The molecule has 10 saturated heterocycles. The molecular formula is C18H24FeO. The summed E-state index contributed by atoms with van der Waals surface area (Å²) in [5.74, 6) is 1.14. The van der Waals surface area contributed by atoms with Gasteiger partial charge in [0, 0.05) is 0 Å². The first-order valence-corrected chi connectivity index (χ1v) is 15.0. The molecule has 20 heavy (non-hydrogen) atoms. The molecular weight excluding hydrogens is 288 g/mol. The normalized spacial score (nSPS) is 108. The Balaban J connectivity index is 1.56. The summed E-state index contributed by atoms with van der Waals surface area (Å²) in [6.07, 6.45) is 0. The molecule has 0 amide bonds. The van der Waals surface area contributed by atoms with Crippen LogP contribution in [0.1, 0.15) is 34.6 Å². The third-order valence-electron chi connectivity index (χ3n) is 16.8. The fraction of sp³-hybridized carbons (Fsp3) is 0.944. The van der Waals surface area contributed by atoms with Crippen molar-refractivity contribution in [3.8, 4) is 0 Å². The Kier molecular flexibility index (Phi) is 0.319. The van der Waals surface area contributed by atoms with Crippen molar-refractivity contribution < 1.29 is 11.3 Å². The van der Waals surface area contributed by atoms with Gasteiger partial charge in [-0.15, -0.1) is 0 Å². The molecule has 10 aliphatic heterocycles. The second-order valence-corrected chi connectivity index (χ2v) is 36.7. The molecule has 8 atom stereocenters. The Bertz CT molecular complexity index is 1130. The van der Waals surface area contributed by atoms with Crippen molar-refractivity contribution in [2.75, 3.05) is 0 Å². The molecule has 1 spiro atoms. The standard InChI is InChI=1S/C9H11O.C9H13.Fe/c1-7(2)9(10)8-5-3-4-6-8;1-9(2,3)8-6-4-5-7-8;/h3-7H,1-2H3;4-7H,1-3H3;. The van der Waals surface area contributed by atoms with Crippen LogP contribution in [0.15, 0.2) is 0 Å². The van der Waals surface area contributed by atoms with Gasteiger partial charge in [-0.1, -0.05) is 0 Å². The van der Waals surface area contributed by atoms with Gasteiger partial charge in [-0.3, -0.25) is 0 Å². The third-order valence-corrected chi connectivity index (χ3v) is 60.1. The summed E-state index contributed by atoms with van der Waals surface area (Å²) >= 11 is 0. The molecule has 2 heteroatoms. The number of ketones is 1. The molecule has 1 nitrogen and oxygen atoms in total. The predicted molar refractivity (Wildman–Crippen MR) is 74.7 cm³/mol. The van der Waals surface area contributed by atoms with E-state index in [-0.39, 0.29) is 0 Å². The van der Waals surface area contributed by atoms with Crippen LogP contribution in [0.3, 0.4) is 0 Å². The number of fused-ring (bicyclic) bond motifs is 10. The van der Waals surface area contributed by atoms with E-state index >= 15 is 0 Å². The van der Waals surface area contributed by atoms with Crippen LogP contribution in [0.4, 0.5) is 0 Å². The first kappa shape index (κ1) is 8.73. The van der Waals surface area contributed by atoms with Gasteiger partial charge in [0.25, 0.3) is 0 Å². The van der Waals surface area contributed by atoms with Crippen LogP contribution in [-0.4, -0.2) is 5.78 Å². The van der Waals surface area contributed by atoms with Crippen molar-refractivity contribution in [2.24, 2.45) is 11.3 Å². The third kappa shape index (κ3) is 0.0894. The van der Waals surface area contributed by atoms with Crippen molar-refractivity contribution in [2.45, 2.75) is 81.8 Å². The molecule has 10 rings (SSSR count). The van der Waals surface area contributed by atoms with Gasteiger partial charge in [0.15, 0.2) is 0 Å². The maximum absolute atomic E-state index is 13.4. The zero-order chi connectivity index (χ0) is 13.6. The van der Waals surface area contributed by atoms with E-state index in [0.29, 0.717) is 15.6 Å². The first-order valence-electron chi connectivity index (χ1n) is 8.79. The van der Waals surface area contributed by atoms with E-state index in [9.17, 15) is 4.79 Å². The van der Waals surface area contributed by atoms with Gasteiger partial charge < -0.3 is 0 Å². The maximum atomic E-state index is 13.4. The number of carbonyl (C=O) groups is 1. The summed E-state index contributed by atoms with van der Waals surface area (Å²) in [6.45, 7) is 8.69. The summed E-state index contributed by atoms with van der Waals surface area (Å²) in [7, 11) is 0. The van der Waals surface area contributed by atoms with E-state index < -0.39 is 6.51 Å². The summed E-state index contributed by atoms with van der Waals surface area (Å²) in [4.78, 5) is 23.1. The summed E-state index contributed by atoms with van der Waals surface area (Å²) in [6, 6.07) is 0. The Morgan fingerprint density at radius 3 is 1.65 bits per heavy atom. The average Bonchev–Trinajstić information content (AvgIpc) is 3.28. The zero-order valence-corrected chi connectivity index (χ0v) is 14.1. The second kappa shape index (κ2) is 0.731. The zero-order valence-electron chi connectivity index (χ0n) is 13.0. The molecule has 8 unspecified atom stereocenters. The number of carbonyl (C=O) groups excluding carboxylic acids is 1. The summed E-state index contributed by atoms with van der Waals surface area (Å²) in [5.41, 5.74) is 0.534. The first-order chi connectivity index (χ1) is 9.04. The van der Waals surface area contributed by atoms with Gasteiger partial charge in [0.1, 0.15) is 0 Å². The average molecular weight is 312 g/mol. The molecule has 110 valence electrons. The van der Waals surface area contributed by atoms with Crippen LogP contribution in [0.2, 0.25) is 47.2 Å². The molecule has 0 aromatic rings. The minimum absolute atomic E-state index is 0.326. The van der Waals surface area contributed by atoms with Crippen LogP contribution in [0.25, 0.3) is 0 Å². The van der Waals surface area contributed by atoms with E-state index in [1.807, 2.05) is 0 Å². The molecule has 10 aliphatic rings. The number of hydrogen-bond donors (Lipinski definition) is 0. The Hall–Kier alpha value is 0.189. The quantitative estimate of drug-likeness (QED) is 0.625. The van der Waals surface area contributed by atoms with E-state index in [2.05, 4.69) is 34.6 Å². The van der Waals surface area contributed by atoms with Crippen LogP contribution in [0.5, 0.6) is 0 Å². The number of Topliss-reactive ketones (excluding diaryl/α,β-unsaturated/α-hetero) is 1. The second-order valence-electron chi connectivity index (χ2n) is 13.5. The van der Waals surface area contributed by atoms with Crippen LogP contribution < -0.4 is 0 Å². The molecule has 0 bridgehead atoms. The number of hydrogen-bond acceptors (Lipinski definition) is 1. The molecule has 0 radical (unpaired) electrons. The van der Waals surface area contributed by atoms with E-state index in [1.165, 1.54) is 28.9 Å². The van der Waals surface area contributed by atoms with Gasteiger partial charge in [-0.2, -0.15) is 0 Å². The topological polar surface area (TPSA) is 17.1 Å². The Labute approximate surface area is 110 Å². The van der Waals surface area contributed by atoms with Crippen molar-refractivity contribution in [1.82, 2.24) is 0 Å². The molecule has 0 aromatic carbocycles. The summed E-state index contributed by atoms with van der Waals surface area (Å²) < 4.78 is 1.29. The van der Waals surface area contributed by atoms with Gasteiger partial charge in [-0.25, -0.2) is 0 Å². The monoisotopic (exact) mass is 312 g/mol. The molecule has 10 fully saturated rings. The summed E-state index contributed by atoms with van der Waals surface area (Å²) in [5, 5.41) is 0. The van der Waals surface area contributed by atoms with Gasteiger partial charge in [-0.05, 0) is 0 Å². The Morgan fingerprint density at radius 1 is 0.950 bits per heavy atom. The molecule has 10 heterocycles. The fourth-order valence-corrected chi connectivity index (χ4v) is 98.9. The molecule has 0 saturated carbocycles. The molecule has 0 aliphatic carbocycles. The predicted octanol–water partition coefficient (Wildman–Crippen LogP) is 5.39. The molecule has 0 N–H and O–H groups in total. The van der Waals surface area contributed by atoms with E-state index in [4.69, 9.17) is 0 Å². The van der Waals surface area contributed by atoms with Gasteiger partial charge >= 0.3 is 110 Å². The van der Waals surface area contributed by atoms with Crippen LogP contribution in [-0.2, 0) is 11.3 Å². The minimum atomic E-state index is -3.44. The van der Waals surface area contributed by atoms with Crippen molar-refractivity contribution in [1.29, 1.82) is 0 Å². The van der Waals surface area contributed by atoms with Crippen LogP contribution >= 0.6 is 0 Å². The van der Waals surface area contributed by atoms with Gasteiger partial charge in [0.2, 0.25) is 0 Å². The van der Waals surface area contributed by atoms with Crippen LogP contribution in [0, 0.1) is 11.3 Å². The fourth-order valence-electron chi connectivity index (χ4n) is 19.8. The van der Waals surface area contributed by atoms with E-state index in [1.54, 1.807) is 0 Å². The SMILES string of the molecule is CC(C)C(=O)[C]12[CH]3[CH]4[CH]5[CH]1[Fe]45321678[CH]2[CH]1[CH]6[C]7(C(C)(C)C)[CH]28. The number of rotatable bonds is 2. The van der Waals surface area contributed by atoms with Crippen molar-refractivity contribution in [3.05, 3.63) is 0 Å². The Morgan fingerprint density at radius 2 is 1.40 bits per heavy atom. The molecule has 0 aromatic heterocycles.